The zero-order valence-electron chi connectivity index (χ0n) is 9.20. The van der Waals surface area contributed by atoms with E-state index >= 15 is 0 Å². The molecule has 1 rings (SSSR count). The van der Waals surface area contributed by atoms with Crippen LogP contribution in [0.4, 0.5) is 9.18 Å². The van der Waals surface area contributed by atoms with Crippen molar-refractivity contribution in [2.24, 2.45) is 0 Å². The van der Waals surface area contributed by atoms with Gasteiger partial charge in [-0.1, -0.05) is 0 Å². The molecule has 1 aliphatic heterocycles. The van der Waals surface area contributed by atoms with E-state index in [2.05, 4.69) is 0 Å². The number of rotatable bonds is 0. The van der Waals surface area contributed by atoms with Gasteiger partial charge in [0, 0.05) is 0 Å². The lowest BCUT2D eigenvalue weighted by Gasteiger charge is -2.42. The number of nitrogens with zero attached hydrogens (tertiary/aromatic N) is 2. The molecule has 4 nitrogen and oxygen atoms in total. The average molecular weight is 215 g/mol. The number of halogens is 1. The van der Waals surface area contributed by atoms with E-state index in [1.54, 1.807) is 20.8 Å². The number of amides is 1. The van der Waals surface area contributed by atoms with Crippen LogP contribution in [0.1, 0.15) is 27.2 Å². The van der Waals surface area contributed by atoms with E-state index in [0.29, 0.717) is 0 Å². The van der Waals surface area contributed by atoms with Gasteiger partial charge in [0.2, 0.25) is 0 Å². The quantitative estimate of drug-likeness (QED) is 0.628. The molecule has 0 radical (unpaired) electrons. The van der Waals surface area contributed by atoms with E-state index in [-0.39, 0.29) is 13.0 Å². The molecule has 1 aliphatic rings. The predicted molar refractivity (Wildman–Crippen MR) is 51.8 cm³/mol. The highest BCUT2D eigenvalue weighted by Gasteiger charge is 2.60. The van der Waals surface area contributed by atoms with Gasteiger partial charge in [-0.3, -0.25) is 0 Å². The molecule has 3 atom stereocenters. The average Bonchev–Trinajstić information content (AvgIpc) is 2.42. The highest BCUT2D eigenvalue weighted by molar-refractivity contribution is 5.58. The number of likely N-dealkylation sites (tertiary alicyclic amines) is 1. The fraction of sp³-hybridized carbons (Fsp3) is 0.800. The standard InChI is InChI=1S/C10H15FN2O2/c1-10(2,3)13(9(14)15)6-7(11)4-8(13)5-12/h7-8H,4,6H2,1-3H3/p+1/t7-,8-,13?/m0/s1. The van der Waals surface area contributed by atoms with Crippen LogP contribution in [0.5, 0.6) is 0 Å². The molecule has 0 spiro atoms. The lowest BCUT2D eigenvalue weighted by molar-refractivity contribution is -0.908. The van der Waals surface area contributed by atoms with Crippen LogP contribution in [0.25, 0.3) is 0 Å². The van der Waals surface area contributed by atoms with Crippen molar-refractivity contribution in [3.8, 4) is 6.07 Å². The number of carbonyl (C=O) groups is 1. The number of quaternary nitrogens is 1. The van der Waals surface area contributed by atoms with Crippen LogP contribution in [0.3, 0.4) is 0 Å². The van der Waals surface area contributed by atoms with Crippen LogP contribution in [0.15, 0.2) is 0 Å². The first-order valence-electron chi connectivity index (χ1n) is 4.90. The van der Waals surface area contributed by atoms with Crippen molar-refractivity contribution in [1.29, 1.82) is 5.26 Å². The molecule has 0 aliphatic carbocycles. The van der Waals surface area contributed by atoms with Crippen molar-refractivity contribution in [3.05, 3.63) is 0 Å². The largest absolute Gasteiger partial charge is 0.515 e. The molecule has 0 saturated carbocycles. The molecule has 1 fully saturated rings. The third kappa shape index (κ3) is 1.59. The molecule has 84 valence electrons. The van der Waals surface area contributed by atoms with E-state index in [9.17, 15) is 14.3 Å². The van der Waals surface area contributed by atoms with Crippen molar-refractivity contribution in [2.75, 3.05) is 6.54 Å². The Balaban J connectivity index is 3.24. The Bertz CT molecular complexity index is 318. The summed E-state index contributed by atoms with van der Waals surface area (Å²) in [6.45, 7) is 5.06. The summed E-state index contributed by atoms with van der Waals surface area (Å²) >= 11 is 0. The van der Waals surface area contributed by atoms with Gasteiger partial charge in [-0.25, -0.2) is 8.87 Å². The number of nitriles is 1. The summed E-state index contributed by atoms with van der Waals surface area (Å²) in [6, 6.07) is 1.13. The topological polar surface area (TPSA) is 61.1 Å². The summed E-state index contributed by atoms with van der Waals surface area (Å²) in [4.78, 5) is 11.3. The molecule has 0 aromatic heterocycles. The summed E-state index contributed by atoms with van der Waals surface area (Å²) < 4.78 is 12.8. The van der Waals surface area contributed by atoms with Gasteiger partial charge < -0.3 is 5.11 Å². The van der Waals surface area contributed by atoms with Crippen LogP contribution in [0, 0.1) is 11.3 Å². The Hall–Kier alpha value is -1.15. The second-order valence-electron chi connectivity index (χ2n) is 4.98. The molecule has 15 heavy (non-hydrogen) atoms. The van der Waals surface area contributed by atoms with Crippen molar-refractivity contribution in [3.63, 3.8) is 0 Å². The minimum atomic E-state index is -1.20. The second-order valence-corrected chi connectivity index (χ2v) is 4.98. The van der Waals surface area contributed by atoms with Gasteiger partial charge in [-0.05, 0) is 20.8 Å². The molecule has 0 aromatic rings. The Kier molecular flexibility index (Phi) is 2.75. The minimum absolute atomic E-state index is 0.0140. The van der Waals surface area contributed by atoms with E-state index in [4.69, 9.17) is 5.26 Å². The highest BCUT2D eigenvalue weighted by atomic mass is 19.1. The molecule has 1 N–H and O–H groups in total. The van der Waals surface area contributed by atoms with Crippen LogP contribution < -0.4 is 0 Å². The van der Waals surface area contributed by atoms with Gasteiger partial charge in [-0.15, -0.1) is 0 Å². The molecular weight excluding hydrogens is 199 g/mol. The van der Waals surface area contributed by atoms with Crippen LogP contribution >= 0.6 is 0 Å². The molecule has 1 amide bonds. The van der Waals surface area contributed by atoms with Crippen molar-refractivity contribution in [1.82, 2.24) is 0 Å². The lowest BCUT2D eigenvalue weighted by atomic mass is 10.0. The molecule has 0 bridgehead atoms. The summed E-state index contributed by atoms with van der Waals surface area (Å²) in [5.74, 6) is 0. The molecule has 1 heterocycles. The van der Waals surface area contributed by atoms with Gasteiger partial charge in [0.15, 0.2) is 12.2 Å². The Morgan fingerprint density at radius 2 is 2.13 bits per heavy atom. The smallest absolute Gasteiger partial charge is 0.435 e. The minimum Gasteiger partial charge on any atom is -0.435 e. The Morgan fingerprint density at radius 3 is 2.40 bits per heavy atom. The zero-order chi connectivity index (χ0) is 11.9. The van der Waals surface area contributed by atoms with E-state index < -0.39 is 28.3 Å². The predicted octanol–water partition coefficient (Wildman–Crippen LogP) is 1.91. The number of hydrogen-bond acceptors (Lipinski definition) is 2. The zero-order valence-corrected chi connectivity index (χ0v) is 9.20. The van der Waals surface area contributed by atoms with Crippen molar-refractivity contribution in [2.45, 2.75) is 44.9 Å². The molecule has 0 aromatic carbocycles. The maximum absolute atomic E-state index is 13.3. The van der Waals surface area contributed by atoms with Gasteiger partial charge in [0.25, 0.3) is 0 Å². The maximum atomic E-state index is 13.3. The Labute approximate surface area is 88.5 Å². The van der Waals surface area contributed by atoms with E-state index in [1.165, 1.54) is 0 Å². The fourth-order valence-electron chi connectivity index (χ4n) is 2.33. The summed E-state index contributed by atoms with van der Waals surface area (Å²) in [7, 11) is 0. The first kappa shape index (κ1) is 11.9. The van der Waals surface area contributed by atoms with Crippen molar-refractivity contribution < 1.29 is 18.8 Å². The molecule has 1 unspecified atom stereocenters. The number of alkyl halides is 1. The summed E-state index contributed by atoms with van der Waals surface area (Å²) in [6.07, 6.45) is -2.31. The third-order valence-electron chi connectivity index (χ3n) is 3.18. The summed E-state index contributed by atoms with van der Waals surface area (Å²) in [5.41, 5.74) is -0.674. The van der Waals surface area contributed by atoms with Crippen LogP contribution in [-0.2, 0) is 0 Å². The highest BCUT2D eigenvalue weighted by Crippen LogP contribution is 2.37. The molecule has 5 heteroatoms. The lowest BCUT2D eigenvalue weighted by Crippen LogP contribution is -2.65. The van der Waals surface area contributed by atoms with Crippen LogP contribution in [-0.4, -0.2) is 40.0 Å². The second kappa shape index (κ2) is 3.46. The van der Waals surface area contributed by atoms with Gasteiger partial charge in [-0.2, -0.15) is 10.1 Å². The third-order valence-corrected chi connectivity index (χ3v) is 3.18. The van der Waals surface area contributed by atoms with Crippen molar-refractivity contribution >= 4 is 6.09 Å². The van der Waals surface area contributed by atoms with Gasteiger partial charge in [0.1, 0.15) is 18.2 Å². The molecule has 1 saturated heterocycles. The summed E-state index contributed by atoms with van der Waals surface area (Å²) in [5, 5.41) is 18.2. The molecular formula is C10H16FN2O2+. The first-order chi connectivity index (χ1) is 6.75. The SMILES string of the molecule is CC(C)(C)[N+]1(C(=O)O)C[C@@H](F)C[C@H]1C#N. The number of hydrogen-bond donors (Lipinski definition) is 1. The van der Waals surface area contributed by atoms with Gasteiger partial charge in [0.05, 0.1) is 6.42 Å². The monoisotopic (exact) mass is 215 g/mol. The normalized spacial score (nSPS) is 36.2. The Morgan fingerprint density at radius 1 is 1.60 bits per heavy atom. The maximum Gasteiger partial charge on any atom is 0.515 e. The van der Waals surface area contributed by atoms with Crippen LogP contribution in [0.2, 0.25) is 0 Å². The van der Waals surface area contributed by atoms with E-state index in [0.717, 1.165) is 0 Å². The fourth-order valence-corrected chi connectivity index (χ4v) is 2.33. The van der Waals surface area contributed by atoms with E-state index in [1.807, 2.05) is 6.07 Å². The number of carboxylic acid groups (broad SMARTS) is 1. The van der Waals surface area contributed by atoms with Gasteiger partial charge >= 0.3 is 6.09 Å². The first-order valence-corrected chi connectivity index (χ1v) is 4.90.